The van der Waals surface area contributed by atoms with Crippen LogP contribution in [0, 0.1) is 12.8 Å². The van der Waals surface area contributed by atoms with Gasteiger partial charge in [-0.1, -0.05) is 0 Å². The van der Waals surface area contributed by atoms with Crippen LogP contribution in [-0.4, -0.2) is 25.5 Å². The highest BCUT2D eigenvalue weighted by atomic mass is 32.1. The van der Waals surface area contributed by atoms with Crippen LogP contribution in [0.1, 0.15) is 22.6 Å². The van der Waals surface area contributed by atoms with Crippen LogP contribution >= 0.6 is 11.3 Å². The number of piperidine rings is 1. The standard InChI is InChI=1S/C13H20N2OS/c1-10-4-5-12(17-10)7-13(16)15-9-11-3-2-6-14-8-11/h4-5,11,14H,2-3,6-9H2,1H3,(H,15,16). The molecule has 1 aliphatic rings. The topological polar surface area (TPSA) is 41.1 Å². The summed E-state index contributed by atoms with van der Waals surface area (Å²) in [5, 5.41) is 6.40. The van der Waals surface area contributed by atoms with Crippen molar-refractivity contribution in [3.8, 4) is 0 Å². The van der Waals surface area contributed by atoms with Crippen molar-refractivity contribution >= 4 is 17.2 Å². The van der Waals surface area contributed by atoms with E-state index in [4.69, 9.17) is 0 Å². The highest BCUT2D eigenvalue weighted by molar-refractivity contribution is 7.12. The van der Waals surface area contributed by atoms with Gasteiger partial charge in [0.25, 0.3) is 0 Å². The lowest BCUT2D eigenvalue weighted by Gasteiger charge is -2.22. The minimum Gasteiger partial charge on any atom is -0.355 e. The second-order valence-electron chi connectivity index (χ2n) is 4.71. The number of carbonyl (C=O) groups excluding carboxylic acids is 1. The molecule has 1 atom stereocenters. The highest BCUT2D eigenvalue weighted by Crippen LogP contribution is 2.15. The molecule has 4 heteroatoms. The Bertz CT molecular complexity index is 369. The molecule has 2 rings (SSSR count). The number of hydrogen-bond acceptors (Lipinski definition) is 3. The second kappa shape index (κ2) is 6.17. The molecule has 3 nitrogen and oxygen atoms in total. The number of amides is 1. The average molecular weight is 252 g/mol. The van der Waals surface area contributed by atoms with E-state index >= 15 is 0 Å². The Morgan fingerprint density at radius 1 is 1.59 bits per heavy atom. The summed E-state index contributed by atoms with van der Waals surface area (Å²) in [5.74, 6) is 0.759. The fourth-order valence-corrected chi connectivity index (χ4v) is 3.05. The van der Waals surface area contributed by atoms with Gasteiger partial charge in [0.05, 0.1) is 6.42 Å². The molecule has 2 heterocycles. The third-order valence-corrected chi connectivity index (χ3v) is 4.12. The smallest absolute Gasteiger partial charge is 0.225 e. The van der Waals surface area contributed by atoms with Crippen LogP contribution in [0.5, 0.6) is 0 Å². The maximum atomic E-state index is 11.7. The van der Waals surface area contributed by atoms with Crippen molar-refractivity contribution in [2.45, 2.75) is 26.2 Å². The molecule has 0 aromatic carbocycles. The molecular formula is C13H20N2OS. The zero-order valence-corrected chi connectivity index (χ0v) is 11.1. The summed E-state index contributed by atoms with van der Waals surface area (Å²) in [6, 6.07) is 4.11. The van der Waals surface area contributed by atoms with Crippen LogP contribution in [0.25, 0.3) is 0 Å². The van der Waals surface area contributed by atoms with Crippen LogP contribution in [0.2, 0.25) is 0 Å². The third-order valence-electron chi connectivity index (χ3n) is 3.12. The molecule has 2 N–H and O–H groups in total. The van der Waals surface area contributed by atoms with E-state index in [0.29, 0.717) is 12.3 Å². The van der Waals surface area contributed by atoms with Gasteiger partial charge in [0.1, 0.15) is 0 Å². The Morgan fingerprint density at radius 2 is 2.47 bits per heavy atom. The largest absolute Gasteiger partial charge is 0.355 e. The number of rotatable bonds is 4. The van der Waals surface area contributed by atoms with Crippen molar-refractivity contribution in [3.63, 3.8) is 0 Å². The minimum atomic E-state index is 0.150. The van der Waals surface area contributed by atoms with E-state index in [1.54, 1.807) is 11.3 Å². The molecule has 0 radical (unpaired) electrons. The van der Waals surface area contributed by atoms with Gasteiger partial charge in [-0.25, -0.2) is 0 Å². The highest BCUT2D eigenvalue weighted by Gasteiger charge is 2.14. The maximum absolute atomic E-state index is 11.7. The summed E-state index contributed by atoms with van der Waals surface area (Å²) in [5.41, 5.74) is 0. The molecule has 1 aromatic rings. The lowest BCUT2D eigenvalue weighted by atomic mass is 10.00. The summed E-state index contributed by atoms with van der Waals surface area (Å²) < 4.78 is 0. The quantitative estimate of drug-likeness (QED) is 0.856. The van der Waals surface area contributed by atoms with Gasteiger partial charge in [-0.3, -0.25) is 4.79 Å². The molecule has 1 saturated heterocycles. The first-order valence-electron chi connectivity index (χ1n) is 6.27. The summed E-state index contributed by atoms with van der Waals surface area (Å²) in [4.78, 5) is 14.2. The molecule has 1 aliphatic heterocycles. The van der Waals surface area contributed by atoms with Gasteiger partial charge in [-0.2, -0.15) is 0 Å². The Labute approximate surface area is 107 Å². The SMILES string of the molecule is Cc1ccc(CC(=O)NCC2CCCNC2)s1. The van der Waals surface area contributed by atoms with Crippen LogP contribution in [0.3, 0.4) is 0 Å². The Kier molecular flexibility index (Phi) is 4.57. The van der Waals surface area contributed by atoms with Gasteiger partial charge in [0, 0.05) is 16.3 Å². The van der Waals surface area contributed by atoms with Crippen molar-refractivity contribution in [2.75, 3.05) is 19.6 Å². The van der Waals surface area contributed by atoms with E-state index in [1.807, 2.05) is 6.07 Å². The average Bonchev–Trinajstić information content (AvgIpc) is 2.73. The first-order valence-corrected chi connectivity index (χ1v) is 7.08. The first-order chi connectivity index (χ1) is 8.24. The predicted octanol–water partition coefficient (Wildman–Crippen LogP) is 1.71. The number of nitrogens with one attached hydrogen (secondary N) is 2. The summed E-state index contributed by atoms with van der Waals surface area (Å²) in [6.45, 7) is 5.05. The fourth-order valence-electron chi connectivity index (χ4n) is 2.16. The predicted molar refractivity (Wildman–Crippen MR) is 71.4 cm³/mol. The molecule has 1 amide bonds. The number of aryl methyl sites for hydroxylation is 1. The van der Waals surface area contributed by atoms with Crippen molar-refractivity contribution in [2.24, 2.45) is 5.92 Å². The van der Waals surface area contributed by atoms with Crippen LogP contribution < -0.4 is 10.6 Å². The number of hydrogen-bond donors (Lipinski definition) is 2. The molecule has 1 fully saturated rings. The molecule has 17 heavy (non-hydrogen) atoms. The van der Waals surface area contributed by atoms with Crippen LogP contribution in [0.4, 0.5) is 0 Å². The van der Waals surface area contributed by atoms with Gasteiger partial charge >= 0.3 is 0 Å². The third kappa shape index (κ3) is 4.13. The molecule has 0 spiro atoms. The molecule has 0 bridgehead atoms. The van der Waals surface area contributed by atoms with Crippen LogP contribution in [-0.2, 0) is 11.2 Å². The Hall–Kier alpha value is -0.870. The van der Waals surface area contributed by atoms with Crippen molar-refractivity contribution < 1.29 is 4.79 Å². The zero-order valence-electron chi connectivity index (χ0n) is 10.3. The van der Waals surface area contributed by atoms with Gasteiger partial charge in [-0.15, -0.1) is 11.3 Å². The van der Waals surface area contributed by atoms with Crippen molar-refractivity contribution in [1.82, 2.24) is 10.6 Å². The van der Waals surface area contributed by atoms with E-state index in [1.165, 1.54) is 17.7 Å². The molecule has 0 saturated carbocycles. The lowest BCUT2D eigenvalue weighted by molar-refractivity contribution is -0.120. The van der Waals surface area contributed by atoms with Crippen molar-refractivity contribution in [3.05, 3.63) is 21.9 Å². The molecular weight excluding hydrogens is 232 g/mol. The van der Waals surface area contributed by atoms with E-state index in [9.17, 15) is 4.79 Å². The van der Waals surface area contributed by atoms with Crippen molar-refractivity contribution in [1.29, 1.82) is 0 Å². The minimum absolute atomic E-state index is 0.150. The first kappa shape index (κ1) is 12.6. The van der Waals surface area contributed by atoms with Gasteiger partial charge in [0.15, 0.2) is 0 Å². The summed E-state index contributed by atoms with van der Waals surface area (Å²) in [6.07, 6.45) is 2.98. The van der Waals surface area contributed by atoms with E-state index in [0.717, 1.165) is 24.5 Å². The van der Waals surface area contributed by atoms with Gasteiger partial charge in [-0.05, 0) is 50.9 Å². The van der Waals surface area contributed by atoms with Gasteiger partial charge in [0.2, 0.25) is 5.91 Å². The van der Waals surface area contributed by atoms with E-state index < -0.39 is 0 Å². The number of carbonyl (C=O) groups is 1. The normalized spacial score (nSPS) is 20.2. The van der Waals surface area contributed by atoms with E-state index in [2.05, 4.69) is 23.6 Å². The molecule has 0 aliphatic carbocycles. The summed E-state index contributed by atoms with van der Waals surface area (Å²) >= 11 is 1.70. The van der Waals surface area contributed by atoms with E-state index in [-0.39, 0.29) is 5.91 Å². The fraction of sp³-hybridized carbons (Fsp3) is 0.615. The Balaban J connectivity index is 1.70. The zero-order chi connectivity index (χ0) is 12.1. The number of thiophene rings is 1. The molecule has 94 valence electrons. The summed E-state index contributed by atoms with van der Waals surface area (Å²) in [7, 11) is 0. The van der Waals surface area contributed by atoms with Crippen LogP contribution in [0.15, 0.2) is 12.1 Å². The lowest BCUT2D eigenvalue weighted by Crippen LogP contribution is -2.38. The Morgan fingerprint density at radius 3 is 3.12 bits per heavy atom. The van der Waals surface area contributed by atoms with Gasteiger partial charge < -0.3 is 10.6 Å². The molecule has 1 unspecified atom stereocenters. The molecule has 1 aromatic heterocycles. The second-order valence-corrected chi connectivity index (χ2v) is 6.08. The monoisotopic (exact) mass is 252 g/mol. The maximum Gasteiger partial charge on any atom is 0.225 e.